The zero-order valence-electron chi connectivity index (χ0n) is 11.4. The third kappa shape index (κ3) is 3.06. The Hall–Kier alpha value is -1.29. The van der Waals surface area contributed by atoms with E-state index in [1.165, 1.54) is 0 Å². The Kier molecular flexibility index (Phi) is 4.10. The molecule has 0 N–H and O–H groups in total. The molecule has 4 nitrogen and oxygen atoms in total. The summed E-state index contributed by atoms with van der Waals surface area (Å²) in [6, 6.07) is 4.01. The summed E-state index contributed by atoms with van der Waals surface area (Å²) in [4.78, 5) is 18.0. The van der Waals surface area contributed by atoms with Gasteiger partial charge in [0.15, 0.2) is 0 Å². The topological polar surface area (TPSA) is 42.4 Å². The molecule has 0 bridgehead atoms. The fourth-order valence-electron chi connectivity index (χ4n) is 3.13. The molecule has 1 amide bonds. The highest BCUT2D eigenvalue weighted by atomic mass is 35.5. The number of halogens is 1. The highest BCUT2D eigenvalue weighted by Crippen LogP contribution is 2.28. The zero-order chi connectivity index (χ0) is 13.9. The van der Waals surface area contributed by atoms with Gasteiger partial charge in [-0.05, 0) is 38.2 Å². The molecule has 0 radical (unpaired) electrons. The number of nitrogens with zero attached hydrogens (tertiary/aromatic N) is 2. The Balaban J connectivity index is 1.51. The number of carbonyl (C=O) groups excluding carboxylic acids is 1. The number of likely N-dealkylation sites (tertiary alicyclic amines) is 1. The summed E-state index contributed by atoms with van der Waals surface area (Å²) < 4.78 is 5.87. The second-order valence-corrected chi connectivity index (χ2v) is 5.99. The average Bonchev–Trinajstić information content (AvgIpc) is 2.89. The van der Waals surface area contributed by atoms with Crippen molar-refractivity contribution in [2.45, 2.75) is 50.7 Å². The van der Waals surface area contributed by atoms with Gasteiger partial charge in [-0.3, -0.25) is 4.79 Å². The monoisotopic (exact) mass is 294 g/mol. The van der Waals surface area contributed by atoms with Crippen LogP contribution in [-0.2, 0) is 4.79 Å². The number of amides is 1. The zero-order valence-corrected chi connectivity index (χ0v) is 12.2. The summed E-state index contributed by atoms with van der Waals surface area (Å²) in [6.45, 7) is 0.938. The van der Waals surface area contributed by atoms with Gasteiger partial charge in [-0.2, -0.15) is 0 Å². The molecule has 0 aromatic carbocycles. The molecule has 0 unspecified atom stereocenters. The first-order chi connectivity index (χ1) is 9.72. The van der Waals surface area contributed by atoms with Crippen molar-refractivity contribution >= 4 is 17.5 Å². The number of hydrogen-bond donors (Lipinski definition) is 0. The molecule has 2 fully saturated rings. The minimum absolute atomic E-state index is 0.206. The smallest absolute Gasteiger partial charge is 0.222 e. The number of aromatic nitrogens is 1. The molecule has 5 heteroatoms. The van der Waals surface area contributed by atoms with Crippen LogP contribution in [0.2, 0.25) is 5.02 Å². The van der Waals surface area contributed by atoms with Gasteiger partial charge in [0.25, 0.3) is 0 Å². The van der Waals surface area contributed by atoms with Gasteiger partial charge in [0.05, 0.1) is 5.02 Å². The number of pyridine rings is 1. The normalized spacial score (nSPS) is 26.9. The lowest BCUT2D eigenvalue weighted by atomic mass is 9.92. The molecule has 1 aliphatic heterocycles. The molecule has 0 spiro atoms. The van der Waals surface area contributed by atoms with Crippen molar-refractivity contribution in [3.8, 4) is 5.88 Å². The van der Waals surface area contributed by atoms with Gasteiger partial charge >= 0.3 is 0 Å². The van der Waals surface area contributed by atoms with Crippen molar-refractivity contribution in [3.05, 3.63) is 23.4 Å². The lowest BCUT2D eigenvalue weighted by Gasteiger charge is -2.34. The van der Waals surface area contributed by atoms with E-state index in [9.17, 15) is 4.79 Å². The molecule has 1 aromatic heterocycles. The van der Waals surface area contributed by atoms with Crippen molar-refractivity contribution < 1.29 is 9.53 Å². The van der Waals surface area contributed by atoms with E-state index in [1.54, 1.807) is 18.3 Å². The van der Waals surface area contributed by atoms with Crippen LogP contribution in [-0.4, -0.2) is 34.5 Å². The Morgan fingerprint density at radius 3 is 2.65 bits per heavy atom. The van der Waals surface area contributed by atoms with E-state index in [0.717, 1.165) is 45.1 Å². The number of ether oxygens (including phenoxy) is 1. The predicted molar refractivity (Wildman–Crippen MR) is 76.9 cm³/mol. The number of carbonyl (C=O) groups is 1. The van der Waals surface area contributed by atoms with Crippen LogP contribution in [0, 0.1) is 0 Å². The summed E-state index contributed by atoms with van der Waals surface area (Å²) in [7, 11) is 0. The Morgan fingerprint density at radius 1 is 1.25 bits per heavy atom. The molecular formula is C15H19ClN2O2. The van der Waals surface area contributed by atoms with E-state index in [0.29, 0.717) is 22.9 Å². The van der Waals surface area contributed by atoms with Gasteiger partial charge in [0, 0.05) is 31.3 Å². The van der Waals surface area contributed by atoms with Crippen LogP contribution < -0.4 is 4.74 Å². The average molecular weight is 295 g/mol. The molecule has 2 heterocycles. The van der Waals surface area contributed by atoms with Crippen LogP contribution in [0.15, 0.2) is 18.3 Å². The summed E-state index contributed by atoms with van der Waals surface area (Å²) in [5.74, 6) is 0.962. The molecule has 0 atom stereocenters. The van der Waals surface area contributed by atoms with Crippen molar-refractivity contribution in [2.75, 3.05) is 6.54 Å². The second kappa shape index (κ2) is 6.00. The lowest BCUT2D eigenvalue weighted by molar-refractivity contribution is -0.130. The molecule has 3 rings (SSSR count). The SMILES string of the molecule is O=C1CCCN1C1CCC(Oc2ccc(Cl)cn2)CC1. The fourth-order valence-corrected chi connectivity index (χ4v) is 3.24. The van der Waals surface area contributed by atoms with Gasteiger partial charge in [-0.25, -0.2) is 4.98 Å². The quantitative estimate of drug-likeness (QED) is 0.860. The highest BCUT2D eigenvalue weighted by molar-refractivity contribution is 6.30. The van der Waals surface area contributed by atoms with E-state index < -0.39 is 0 Å². The second-order valence-electron chi connectivity index (χ2n) is 5.55. The van der Waals surface area contributed by atoms with Gasteiger partial charge < -0.3 is 9.64 Å². The van der Waals surface area contributed by atoms with Crippen molar-refractivity contribution in [1.29, 1.82) is 0 Å². The first kappa shape index (κ1) is 13.7. The Morgan fingerprint density at radius 2 is 2.05 bits per heavy atom. The van der Waals surface area contributed by atoms with Crippen molar-refractivity contribution in [2.24, 2.45) is 0 Å². The van der Waals surface area contributed by atoms with Crippen LogP contribution in [0.3, 0.4) is 0 Å². The van der Waals surface area contributed by atoms with Gasteiger partial charge in [0.1, 0.15) is 6.10 Å². The maximum absolute atomic E-state index is 11.8. The van der Waals surface area contributed by atoms with Gasteiger partial charge in [-0.15, -0.1) is 0 Å². The maximum Gasteiger partial charge on any atom is 0.222 e. The maximum atomic E-state index is 11.8. The minimum Gasteiger partial charge on any atom is -0.474 e. The molecule has 1 aliphatic carbocycles. The lowest BCUT2D eigenvalue weighted by Crippen LogP contribution is -2.40. The first-order valence-corrected chi connectivity index (χ1v) is 7.68. The van der Waals surface area contributed by atoms with Crippen LogP contribution in [0.25, 0.3) is 0 Å². The standard InChI is InChI=1S/C15H19ClN2O2/c16-11-3-8-14(17-10-11)20-13-6-4-12(5-7-13)18-9-1-2-15(18)19/h3,8,10,12-13H,1-2,4-7,9H2. The molecule has 1 saturated heterocycles. The molecule has 1 saturated carbocycles. The largest absolute Gasteiger partial charge is 0.474 e. The predicted octanol–water partition coefficient (Wildman–Crippen LogP) is 3.05. The molecule has 20 heavy (non-hydrogen) atoms. The molecule has 2 aliphatic rings. The number of hydrogen-bond acceptors (Lipinski definition) is 3. The fraction of sp³-hybridized carbons (Fsp3) is 0.600. The van der Waals surface area contributed by atoms with E-state index >= 15 is 0 Å². The van der Waals surface area contributed by atoms with E-state index in [1.807, 2.05) is 0 Å². The van der Waals surface area contributed by atoms with E-state index in [4.69, 9.17) is 16.3 Å². The number of rotatable bonds is 3. The molecule has 1 aromatic rings. The summed E-state index contributed by atoms with van der Waals surface area (Å²) >= 11 is 5.80. The van der Waals surface area contributed by atoms with Gasteiger partial charge in [-0.1, -0.05) is 11.6 Å². The van der Waals surface area contributed by atoms with Crippen molar-refractivity contribution in [1.82, 2.24) is 9.88 Å². The van der Waals surface area contributed by atoms with Gasteiger partial charge in [0.2, 0.25) is 11.8 Å². The molecular weight excluding hydrogens is 276 g/mol. The third-order valence-electron chi connectivity index (χ3n) is 4.18. The van der Waals surface area contributed by atoms with Crippen LogP contribution in [0.4, 0.5) is 0 Å². The van der Waals surface area contributed by atoms with Crippen LogP contribution >= 0.6 is 11.6 Å². The third-order valence-corrected chi connectivity index (χ3v) is 4.41. The summed E-state index contributed by atoms with van der Waals surface area (Å²) in [5.41, 5.74) is 0. The Bertz CT molecular complexity index is 469. The minimum atomic E-state index is 0.206. The summed E-state index contributed by atoms with van der Waals surface area (Å²) in [5, 5.41) is 0.619. The van der Waals surface area contributed by atoms with E-state index in [-0.39, 0.29) is 6.10 Å². The van der Waals surface area contributed by atoms with Crippen LogP contribution in [0.5, 0.6) is 5.88 Å². The highest BCUT2D eigenvalue weighted by Gasteiger charge is 2.31. The van der Waals surface area contributed by atoms with Crippen LogP contribution in [0.1, 0.15) is 38.5 Å². The molecule has 108 valence electrons. The summed E-state index contributed by atoms with van der Waals surface area (Å²) in [6.07, 6.45) is 7.59. The van der Waals surface area contributed by atoms with E-state index in [2.05, 4.69) is 9.88 Å². The first-order valence-electron chi connectivity index (χ1n) is 7.30. The van der Waals surface area contributed by atoms with Crippen molar-refractivity contribution in [3.63, 3.8) is 0 Å². The Labute approximate surface area is 124 Å².